The van der Waals surface area contributed by atoms with Crippen LogP contribution in [0.3, 0.4) is 0 Å². The molecule has 1 heterocycles. The monoisotopic (exact) mass is 224 g/mol. The lowest BCUT2D eigenvalue weighted by Gasteiger charge is -2.25. The molecule has 0 bridgehead atoms. The number of rotatable bonds is 6. The van der Waals surface area contributed by atoms with Crippen molar-refractivity contribution >= 4 is 0 Å². The Balaban J connectivity index is 2.51. The van der Waals surface area contributed by atoms with E-state index in [1.54, 1.807) is 0 Å². The second-order valence-corrected chi connectivity index (χ2v) is 5.18. The van der Waals surface area contributed by atoms with Gasteiger partial charge < -0.3 is 4.52 Å². The van der Waals surface area contributed by atoms with Gasteiger partial charge in [0.1, 0.15) is 0 Å². The maximum absolute atomic E-state index is 5.26. The molecule has 0 atom stereocenters. The zero-order valence-electron chi connectivity index (χ0n) is 11.2. The third-order valence-electron chi connectivity index (χ3n) is 2.76. The van der Waals surface area contributed by atoms with Crippen LogP contribution in [0.25, 0.3) is 0 Å². The molecule has 1 rings (SSSR count). The summed E-state index contributed by atoms with van der Waals surface area (Å²) in [5.41, 5.74) is 0.961. The lowest BCUT2D eigenvalue weighted by molar-refractivity contribution is 0.179. The fourth-order valence-electron chi connectivity index (χ4n) is 1.63. The number of hydrogen-bond acceptors (Lipinski definition) is 3. The summed E-state index contributed by atoms with van der Waals surface area (Å²) in [4.78, 5) is 2.43. The van der Waals surface area contributed by atoms with Crippen LogP contribution in [0.2, 0.25) is 0 Å². The van der Waals surface area contributed by atoms with E-state index in [4.69, 9.17) is 4.52 Å². The molecule has 0 aliphatic carbocycles. The van der Waals surface area contributed by atoms with Gasteiger partial charge in [0.25, 0.3) is 0 Å². The van der Waals surface area contributed by atoms with Gasteiger partial charge >= 0.3 is 0 Å². The highest BCUT2D eigenvalue weighted by atomic mass is 16.5. The number of hydrogen-bond donors (Lipinski definition) is 0. The largest absolute Gasteiger partial charge is 0.360 e. The molecule has 0 radical (unpaired) electrons. The molecule has 0 amide bonds. The summed E-state index contributed by atoms with van der Waals surface area (Å²) >= 11 is 0. The molecule has 3 nitrogen and oxygen atoms in total. The summed E-state index contributed by atoms with van der Waals surface area (Å²) in [5.74, 6) is 1.72. The van der Waals surface area contributed by atoms with Gasteiger partial charge in [-0.15, -0.1) is 0 Å². The van der Waals surface area contributed by atoms with E-state index in [9.17, 15) is 0 Å². The Kier molecular flexibility index (Phi) is 5.00. The van der Waals surface area contributed by atoms with E-state index in [-0.39, 0.29) is 0 Å². The quantitative estimate of drug-likeness (QED) is 0.743. The molecule has 0 unspecified atom stereocenters. The van der Waals surface area contributed by atoms with Gasteiger partial charge in [0.05, 0.1) is 12.2 Å². The van der Waals surface area contributed by atoms with E-state index < -0.39 is 0 Å². The topological polar surface area (TPSA) is 29.3 Å². The highest BCUT2D eigenvalue weighted by molar-refractivity contribution is 5.02. The second kappa shape index (κ2) is 6.04. The predicted octanol–water partition coefficient (Wildman–Crippen LogP) is 3.24. The van der Waals surface area contributed by atoms with E-state index in [2.05, 4.69) is 37.8 Å². The van der Waals surface area contributed by atoms with E-state index in [0.29, 0.717) is 6.04 Å². The zero-order chi connectivity index (χ0) is 12.1. The Morgan fingerprint density at radius 2 is 2.00 bits per heavy atom. The molecule has 0 aliphatic rings. The van der Waals surface area contributed by atoms with Crippen molar-refractivity contribution in [3.63, 3.8) is 0 Å². The predicted molar refractivity (Wildman–Crippen MR) is 66.2 cm³/mol. The Bertz CT molecular complexity index is 305. The Morgan fingerprint density at radius 3 is 2.44 bits per heavy atom. The van der Waals surface area contributed by atoms with Crippen LogP contribution < -0.4 is 0 Å². The minimum atomic E-state index is 0.546. The van der Waals surface area contributed by atoms with E-state index >= 15 is 0 Å². The fourth-order valence-corrected chi connectivity index (χ4v) is 1.63. The van der Waals surface area contributed by atoms with Crippen LogP contribution >= 0.6 is 0 Å². The normalized spacial score (nSPS) is 12.0. The van der Waals surface area contributed by atoms with E-state index in [0.717, 1.165) is 30.5 Å². The fraction of sp³-hybridized carbons (Fsp3) is 0.769. The van der Waals surface area contributed by atoms with Crippen molar-refractivity contribution in [3.05, 3.63) is 17.5 Å². The van der Waals surface area contributed by atoms with Crippen molar-refractivity contribution in [2.75, 3.05) is 6.54 Å². The average molecular weight is 224 g/mol. The Labute approximate surface area is 98.8 Å². The molecule has 0 aliphatic heterocycles. The van der Waals surface area contributed by atoms with Gasteiger partial charge in [0.2, 0.25) is 0 Å². The van der Waals surface area contributed by atoms with Crippen LogP contribution in [0.5, 0.6) is 0 Å². The zero-order valence-corrected chi connectivity index (χ0v) is 11.2. The third kappa shape index (κ3) is 4.35. The first-order chi connectivity index (χ1) is 7.49. The number of aromatic nitrogens is 1. The smallest absolute Gasteiger partial charge is 0.150 e. The lowest BCUT2D eigenvalue weighted by atomic mass is 10.1. The molecule has 0 N–H and O–H groups in total. The molecule has 3 heteroatoms. The van der Waals surface area contributed by atoms with Crippen molar-refractivity contribution in [1.82, 2.24) is 10.1 Å². The van der Waals surface area contributed by atoms with Crippen LogP contribution in [-0.2, 0) is 6.54 Å². The summed E-state index contributed by atoms with van der Waals surface area (Å²) in [6.07, 6.45) is 1.23. The van der Waals surface area contributed by atoms with Crippen molar-refractivity contribution in [1.29, 1.82) is 0 Å². The maximum Gasteiger partial charge on any atom is 0.150 e. The van der Waals surface area contributed by atoms with Gasteiger partial charge in [-0.05, 0) is 39.7 Å². The summed E-state index contributed by atoms with van der Waals surface area (Å²) < 4.78 is 5.26. The molecule has 0 saturated heterocycles. The standard InChI is InChI=1S/C13H24N2O/c1-10(2)6-7-15(11(3)4)9-13-8-12(5)14-16-13/h8,10-11H,6-7,9H2,1-5H3. The van der Waals surface area contributed by atoms with E-state index in [1.807, 2.05) is 13.0 Å². The van der Waals surface area contributed by atoms with E-state index in [1.165, 1.54) is 6.42 Å². The minimum absolute atomic E-state index is 0.546. The van der Waals surface area contributed by atoms with Gasteiger partial charge in [-0.3, -0.25) is 4.90 Å². The molecular weight excluding hydrogens is 200 g/mol. The molecule has 0 fully saturated rings. The Morgan fingerprint density at radius 1 is 1.31 bits per heavy atom. The van der Waals surface area contributed by atoms with Crippen LogP contribution in [0.4, 0.5) is 0 Å². The minimum Gasteiger partial charge on any atom is -0.360 e. The van der Waals surface area contributed by atoms with Crippen molar-refractivity contribution in [2.24, 2.45) is 5.92 Å². The molecular formula is C13H24N2O. The molecule has 92 valence electrons. The summed E-state index contributed by atoms with van der Waals surface area (Å²) in [7, 11) is 0. The first-order valence-electron chi connectivity index (χ1n) is 6.15. The Hall–Kier alpha value is -0.830. The molecule has 0 saturated carbocycles. The molecule has 1 aromatic heterocycles. The van der Waals surface area contributed by atoms with Gasteiger partial charge in [-0.25, -0.2) is 0 Å². The van der Waals surface area contributed by atoms with Gasteiger partial charge in [-0.2, -0.15) is 0 Å². The SMILES string of the molecule is Cc1cc(CN(CCC(C)C)C(C)C)on1. The first kappa shape index (κ1) is 13.2. The molecule has 1 aromatic rings. The number of nitrogens with zero attached hydrogens (tertiary/aromatic N) is 2. The van der Waals surface area contributed by atoms with Crippen molar-refractivity contribution in [3.8, 4) is 0 Å². The van der Waals surface area contributed by atoms with Gasteiger partial charge in [0, 0.05) is 12.1 Å². The summed E-state index contributed by atoms with van der Waals surface area (Å²) in [5, 5.41) is 3.92. The first-order valence-corrected chi connectivity index (χ1v) is 6.15. The highest BCUT2D eigenvalue weighted by Crippen LogP contribution is 2.12. The molecule has 0 spiro atoms. The number of aryl methyl sites for hydroxylation is 1. The second-order valence-electron chi connectivity index (χ2n) is 5.18. The highest BCUT2D eigenvalue weighted by Gasteiger charge is 2.13. The summed E-state index contributed by atoms with van der Waals surface area (Å²) in [6, 6.07) is 2.56. The lowest BCUT2D eigenvalue weighted by Crippen LogP contribution is -2.31. The van der Waals surface area contributed by atoms with Crippen LogP contribution in [0.1, 0.15) is 45.6 Å². The van der Waals surface area contributed by atoms with Crippen LogP contribution in [0, 0.1) is 12.8 Å². The van der Waals surface area contributed by atoms with Crippen molar-refractivity contribution in [2.45, 2.75) is 53.6 Å². The van der Waals surface area contributed by atoms with Crippen molar-refractivity contribution < 1.29 is 4.52 Å². The van der Waals surface area contributed by atoms with Gasteiger partial charge in [-0.1, -0.05) is 19.0 Å². The average Bonchev–Trinajstić information content (AvgIpc) is 2.57. The maximum atomic E-state index is 5.26. The molecule has 16 heavy (non-hydrogen) atoms. The van der Waals surface area contributed by atoms with Gasteiger partial charge in [0.15, 0.2) is 5.76 Å². The van der Waals surface area contributed by atoms with Crippen LogP contribution in [0.15, 0.2) is 10.6 Å². The van der Waals surface area contributed by atoms with Crippen LogP contribution in [-0.4, -0.2) is 22.6 Å². The summed E-state index contributed by atoms with van der Waals surface area (Å²) in [6.45, 7) is 12.9. The third-order valence-corrected chi connectivity index (χ3v) is 2.76. The molecule has 0 aromatic carbocycles.